The quantitative estimate of drug-likeness (QED) is 0.603. The van der Waals surface area contributed by atoms with Crippen molar-refractivity contribution < 1.29 is 18.7 Å². The van der Waals surface area contributed by atoms with Crippen molar-refractivity contribution in [2.75, 3.05) is 33.0 Å². The summed E-state index contributed by atoms with van der Waals surface area (Å²) in [4.78, 5) is 25.6. The maximum Gasteiger partial charge on any atom is 0.273 e. The summed E-state index contributed by atoms with van der Waals surface area (Å²) in [6, 6.07) is 11.7. The van der Waals surface area contributed by atoms with Gasteiger partial charge in [-0.3, -0.25) is 19.6 Å². The highest BCUT2D eigenvalue weighted by Crippen LogP contribution is 2.32. The van der Waals surface area contributed by atoms with Gasteiger partial charge in [-0.05, 0) is 29.8 Å². The van der Waals surface area contributed by atoms with Crippen molar-refractivity contribution in [3.8, 4) is 11.5 Å². The molecule has 9 heteroatoms. The molecule has 0 atom stereocenters. The van der Waals surface area contributed by atoms with Crippen molar-refractivity contribution in [3.63, 3.8) is 0 Å². The van der Waals surface area contributed by atoms with Crippen LogP contribution in [0.25, 0.3) is 0 Å². The molecule has 5 rings (SSSR count). The smallest absolute Gasteiger partial charge is 0.273 e. The predicted octanol–water partition coefficient (Wildman–Crippen LogP) is 2.05. The second-order valence-electron chi connectivity index (χ2n) is 7.87. The van der Waals surface area contributed by atoms with Crippen molar-refractivity contribution in [1.29, 1.82) is 0 Å². The second kappa shape index (κ2) is 9.37. The van der Waals surface area contributed by atoms with Crippen LogP contribution in [0, 0.1) is 0 Å². The molecule has 1 aromatic carbocycles. The lowest BCUT2D eigenvalue weighted by Gasteiger charge is -2.34. The molecule has 0 aliphatic carbocycles. The monoisotopic (exact) mass is 435 g/mol. The number of ether oxygens (including phenoxy) is 2. The molecular formula is C23H25N5O4. The first-order chi connectivity index (χ1) is 15.7. The Labute approximate surface area is 186 Å². The van der Waals surface area contributed by atoms with Crippen LogP contribution >= 0.6 is 0 Å². The molecule has 1 amide bonds. The summed E-state index contributed by atoms with van der Waals surface area (Å²) in [5.74, 6) is 1.93. The summed E-state index contributed by atoms with van der Waals surface area (Å²) >= 11 is 0. The van der Waals surface area contributed by atoms with Crippen LogP contribution in [-0.4, -0.2) is 58.6 Å². The van der Waals surface area contributed by atoms with Crippen molar-refractivity contribution >= 4 is 5.91 Å². The van der Waals surface area contributed by atoms with Crippen LogP contribution in [0.5, 0.6) is 11.5 Å². The highest BCUT2D eigenvalue weighted by molar-refractivity contribution is 5.91. The number of amides is 1. The first kappa shape index (κ1) is 20.5. The van der Waals surface area contributed by atoms with Gasteiger partial charge in [-0.25, -0.2) is 4.98 Å². The van der Waals surface area contributed by atoms with E-state index in [2.05, 4.69) is 37.2 Å². The van der Waals surface area contributed by atoms with Gasteiger partial charge in [0.2, 0.25) is 12.7 Å². The van der Waals surface area contributed by atoms with E-state index in [9.17, 15) is 4.79 Å². The molecule has 32 heavy (non-hydrogen) atoms. The molecule has 9 nitrogen and oxygen atoms in total. The molecule has 0 radical (unpaired) electrons. The maximum atomic E-state index is 12.3. The summed E-state index contributed by atoms with van der Waals surface area (Å²) in [6.45, 7) is 5.84. The number of benzene rings is 1. The molecule has 4 heterocycles. The fraction of sp³-hybridized carbons (Fsp3) is 0.348. The van der Waals surface area contributed by atoms with E-state index in [1.165, 1.54) is 11.8 Å². The zero-order valence-corrected chi connectivity index (χ0v) is 17.7. The average Bonchev–Trinajstić information content (AvgIpc) is 3.49. The van der Waals surface area contributed by atoms with E-state index in [0.717, 1.165) is 49.9 Å². The van der Waals surface area contributed by atoms with Gasteiger partial charge in [0.05, 0.1) is 18.8 Å². The van der Waals surface area contributed by atoms with Crippen LogP contribution in [0.3, 0.4) is 0 Å². The number of piperazine rings is 1. The van der Waals surface area contributed by atoms with Gasteiger partial charge < -0.3 is 19.2 Å². The van der Waals surface area contributed by atoms with Gasteiger partial charge in [-0.15, -0.1) is 0 Å². The Bertz CT molecular complexity index is 1060. The number of carbonyl (C=O) groups excluding carboxylic acids is 1. The molecule has 0 bridgehead atoms. The lowest BCUT2D eigenvalue weighted by Crippen LogP contribution is -2.45. The molecule has 1 saturated heterocycles. The zero-order chi connectivity index (χ0) is 21.8. The third kappa shape index (κ3) is 4.90. The highest BCUT2D eigenvalue weighted by Gasteiger charge is 2.21. The van der Waals surface area contributed by atoms with Gasteiger partial charge in [-0.2, -0.15) is 0 Å². The van der Waals surface area contributed by atoms with Gasteiger partial charge in [0.25, 0.3) is 5.91 Å². The standard InChI is InChI=1S/C23H25N5O4/c29-23(25-12-18-3-1-2-6-24-18)19-15-30-22(26-19)14-28-9-7-27(8-10-28)13-17-4-5-20-21(11-17)32-16-31-20/h1-6,11,15H,7-10,12-14,16H2,(H,25,29). The number of aromatic nitrogens is 2. The third-order valence-corrected chi connectivity index (χ3v) is 5.61. The van der Waals surface area contributed by atoms with Gasteiger partial charge in [0, 0.05) is 38.9 Å². The van der Waals surface area contributed by atoms with E-state index in [1.54, 1.807) is 6.20 Å². The number of pyridine rings is 1. The number of nitrogens with one attached hydrogen (secondary N) is 1. The van der Waals surface area contributed by atoms with E-state index in [-0.39, 0.29) is 11.6 Å². The van der Waals surface area contributed by atoms with Crippen LogP contribution in [0.2, 0.25) is 0 Å². The van der Waals surface area contributed by atoms with Crippen LogP contribution in [0.1, 0.15) is 27.6 Å². The number of hydrogen-bond donors (Lipinski definition) is 1. The SMILES string of the molecule is O=C(NCc1ccccn1)c1coc(CN2CCN(Cc3ccc4c(c3)OCO4)CC2)n1. The fourth-order valence-electron chi connectivity index (χ4n) is 3.85. The average molecular weight is 435 g/mol. The summed E-state index contributed by atoms with van der Waals surface area (Å²) in [6.07, 6.45) is 3.11. The molecule has 2 aromatic heterocycles. The molecule has 3 aromatic rings. The highest BCUT2D eigenvalue weighted by atomic mass is 16.7. The Morgan fingerprint density at radius 2 is 1.81 bits per heavy atom. The lowest BCUT2D eigenvalue weighted by molar-refractivity contribution is 0.0945. The van der Waals surface area contributed by atoms with E-state index in [1.807, 2.05) is 24.3 Å². The normalized spacial score (nSPS) is 16.2. The van der Waals surface area contributed by atoms with Crippen LogP contribution < -0.4 is 14.8 Å². The topological polar surface area (TPSA) is 93.0 Å². The van der Waals surface area contributed by atoms with Crippen molar-refractivity contribution in [2.24, 2.45) is 0 Å². The first-order valence-corrected chi connectivity index (χ1v) is 10.7. The van der Waals surface area contributed by atoms with Gasteiger partial charge in [0.15, 0.2) is 17.2 Å². The maximum absolute atomic E-state index is 12.3. The van der Waals surface area contributed by atoms with Gasteiger partial charge in [-0.1, -0.05) is 12.1 Å². The van der Waals surface area contributed by atoms with E-state index in [0.29, 0.717) is 25.8 Å². The number of oxazole rings is 1. The Hall–Kier alpha value is -3.43. The van der Waals surface area contributed by atoms with Gasteiger partial charge >= 0.3 is 0 Å². The minimum atomic E-state index is -0.265. The summed E-state index contributed by atoms with van der Waals surface area (Å²) in [5.41, 5.74) is 2.30. The number of hydrogen-bond acceptors (Lipinski definition) is 8. The minimum absolute atomic E-state index is 0.265. The Balaban J connectivity index is 1.08. The van der Waals surface area contributed by atoms with Crippen LogP contribution in [0.15, 0.2) is 53.3 Å². The summed E-state index contributed by atoms with van der Waals surface area (Å²) in [5, 5.41) is 2.82. The summed E-state index contributed by atoms with van der Waals surface area (Å²) in [7, 11) is 0. The van der Waals surface area contributed by atoms with Gasteiger partial charge in [0.1, 0.15) is 6.26 Å². The molecule has 0 saturated carbocycles. The van der Waals surface area contributed by atoms with E-state index in [4.69, 9.17) is 13.9 Å². The van der Waals surface area contributed by atoms with E-state index < -0.39 is 0 Å². The first-order valence-electron chi connectivity index (χ1n) is 10.7. The molecule has 2 aliphatic heterocycles. The van der Waals surface area contributed by atoms with E-state index >= 15 is 0 Å². The zero-order valence-electron chi connectivity index (χ0n) is 17.7. The predicted molar refractivity (Wildman–Crippen MR) is 115 cm³/mol. The molecule has 1 fully saturated rings. The molecule has 0 spiro atoms. The number of fused-ring (bicyclic) bond motifs is 1. The number of nitrogens with zero attached hydrogens (tertiary/aromatic N) is 4. The molecule has 2 aliphatic rings. The number of carbonyl (C=O) groups is 1. The van der Waals surface area contributed by atoms with Crippen LogP contribution in [0.4, 0.5) is 0 Å². The van der Waals surface area contributed by atoms with Crippen LogP contribution in [-0.2, 0) is 19.6 Å². The Kier molecular flexibility index (Phi) is 6.00. The molecule has 1 N–H and O–H groups in total. The largest absolute Gasteiger partial charge is 0.454 e. The lowest BCUT2D eigenvalue weighted by atomic mass is 10.1. The summed E-state index contributed by atoms with van der Waals surface area (Å²) < 4.78 is 16.4. The Morgan fingerprint density at radius 3 is 2.62 bits per heavy atom. The fourth-order valence-corrected chi connectivity index (χ4v) is 3.85. The molecule has 166 valence electrons. The van der Waals surface area contributed by atoms with Crippen molar-refractivity contribution in [2.45, 2.75) is 19.6 Å². The molecular weight excluding hydrogens is 410 g/mol. The number of rotatable bonds is 7. The molecule has 0 unspecified atom stereocenters. The second-order valence-corrected chi connectivity index (χ2v) is 7.87. The van der Waals surface area contributed by atoms with Crippen molar-refractivity contribution in [3.05, 3.63) is 71.7 Å². The minimum Gasteiger partial charge on any atom is -0.454 e. The van der Waals surface area contributed by atoms with Crippen molar-refractivity contribution in [1.82, 2.24) is 25.1 Å². The third-order valence-electron chi connectivity index (χ3n) is 5.61. The Morgan fingerprint density at radius 1 is 1.00 bits per heavy atom.